The quantitative estimate of drug-likeness (QED) is 0.412. The number of aliphatic imine (C=N–C) groups is 1. The molecule has 0 spiro atoms. The summed E-state index contributed by atoms with van der Waals surface area (Å²) in [6.07, 6.45) is 3.40. The molecule has 3 N–H and O–H groups in total. The van der Waals surface area contributed by atoms with E-state index < -0.39 is 0 Å². The van der Waals surface area contributed by atoms with Crippen molar-refractivity contribution in [2.45, 2.75) is 32.7 Å². The molecule has 24 heavy (non-hydrogen) atoms. The zero-order valence-electron chi connectivity index (χ0n) is 15.1. The maximum absolute atomic E-state index is 5.79. The molecule has 1 saturated heterocycles. The largest absolute Gasteiger partial charge is 0.370 e. The van der Waals surface area contributed by atoms with E-state index in [1.54, 1.807) is 0 Å². The highest BCUT2D eigenvalue weighted by atomic mass is 15.3. The SMILES string of the molecule is CCCN=C(N)NCCCCN1CCN(Cc2ccccc2)CC1. The van der Waals surface area contributed by atoms with Gasteiger partial charge in [0, 0.05) is 45.8 Å². The van der Waals surface area contributed by atoms with Gasteiger partial charge in [0.2, 0.25) is 0 Å². The molecule has 1 fully saturated rings. The highest BCUT2D eigenvalue weighted by molar-refractivity contribution is 5.77. The lowest BCUT2D eigenvalue weighted by Gasteiger charge is -2.34. The van der Waals surface area contributed by atoms with Crippen molar-refractivity contribution >= 4 is 5.96 Å². The first-order valence-electron chi connectivity index (χ1n) is 9.30. The molecular formula is C19H33N5. The van der Waals surface area contributed by atoms with Gasteiger partial charge in [-0.05, 0) is 31.4 Å². The number of rotatable bonds is 9. The zero-order valence-corrected chi connectivity index (χ0v) is 15.1. The Kier molecular flexibility index (Phi) is 8.63. The van der Waals surface area contributed by atoms with Crippen molar-refractivity contribution in [3.63, 3.8) is 0 Å². The van der Waals surface area contributed by atoms with E-state index in [0.717, 1.165) is 32.5 Å². The molecule has 1 aliphatic rings. The Hall–Kier alpha value is -1.59. The lowest BCUT2D eigenvalue weighted by molar-refractivity contribution is 0.126. The number of nitrogens with two attached hydrogens (primary N) is 1. The van der Waals surface area contributed by atoms with E-state index in [1.807, 2.05) is 0 Å². The summed E-state index contributed by atoms with van der Waals surface area (Å²) in [6, 6.07) is 10.8. The average molecular weight is 332 g/mol. The zero-order chi connectivity index (χ0) is 17.0. The second-order valence-corrected chi connectivity index (χ2v) is 6.50. The van der Waals surface area contributed by atoms with E-state index in [1.165, 1.54) is 44.7 Å². The number of piperazine rings is 1. The predicted molar refractivity (Wildman–Crippen MR) is 102 cm³/mol. The van der Waals surface area contributed by atoms with E-state index in [0.29, 0.717) is 5.96 Å². The normalized spacial score (nSPS) is 17.1. The summed E-state index contributed by atoms with van der Waals surface area (Å²) in [5.41, 5.74) is 7.20. The summed E-state index contributed by atoms with van der Waals surface area (Å²) in [6.45, 7) is 10.8. The van der Waals surface area contributed by atoms with E-state index in [4.69, 9.17) is 5.73 Å². The van der Waals surface area contributed by atoms with Gasteiger partial charge in [0.25, 0.3) is 0 Å². The second-order valence-electron chi connectivity index (χ2n) is 6.50. The summed E-state index contributed by atoms with van der Waals surface area (Å²) in [7, 11) is 0. The third-order valence-electron chi connectivity index (χ3n) is 4.43. The first kappa shape index (κ1) is 18.7. The molecule has 2 rings (SSSR count). The summed E-state index contributed by atoms with van der Waals surface area (Å²) >= 11 is 0. The third kappa shape index (κ3) is 7.32. The van der Waals surface area contributed by atoms with Crippen LogP contribution in [-0.2, 0) is 6.54 Å². The van der Waals surface area contributed by atoms with Crippen LogP contribution in [0, 0.1) is 0 Å². The predicted octanol–water partition coefficient (Wildman–Crippen LogP) is 1.90. The Morgan fingerprint density at radius 2 is 1.79 bits per heavy atom. The highest BCUT2D eigenvalue weighted by Gasteiger charge is 2.16. The van der Waals surface area contributed by atoms with E-state index in [-0.39, 0.29) is 0 Å². The summed E-state index contributed by atoms with van der Waals surface area (Å²) in [4.78, 5) is 9.37. The second kappa shape index (κ2) is 11.0. The van der Waals surface area contributed by atoms with Gasteiger partial charge < -0.3 is 16.0 Å². The Morgan fingerprint density at radius 3 is 2.50 bits per heavy atom. The number of unbranched alkanes of at least 4 members (excludes halogenated alkanes) is 1. The van der Waals surface area contributed by atoms with Gasteiger partial charge in [-0.15, -0.1) is 0 Å². The van der Waals surface area contributed by atoms with Crippen molar-refractivity contribution < 1.29 is 0 Å². The first-order chi connectivity index (χ1) is 11.8. The molecule has 0 amide bonds. The number of hydrogen-bond acceptors (Lipinski definition) is 3. The van der Waals surface area contributed by atoms with Crippen molar-refractivity contribution in [2.24, 2.45) is 10.7 Å². The molecule has 1 heterocycles. The number of benzene rings is 1. The molecule has 0 bridgehead atoms. The number of nitrogens with one attached hydrogen (secondary N) is 1. The first-order valence-corrected chi connectivity index (χ1v) is 9.30. The van der Waals surface area contributed by atoms with Crippen molar-refractivity contribution in [1.82, 2.24) is 15.1 Å². The molecule has 0 aliphatic carbocycles. The van der Waals surface area contributed by atoms with Crippen LogP contribution in [0.3, 0.4) is 0 Å². The van der Waals surface area contributed by atoms with Crippen molar-refractivity contribution in [1.29, 1.82) is 0 Å². The Balaban J connectivity index is 1.52. The smallest absolute Gasteiger partial charge is 0.188 e. The van der Waals surface area contributed by atoms with Gasteiger partial charge in [0.05, 0.1) is 0 Å². The minimum absolute atomic E-state index is 0.589. The van der Waals surface area contributed by atoms with Crippen LogP contribution in [0.2, 0.25) is 0 Å². The van der Waals surface area contributed by atoms with Gasteiger partial charge in [-0.1, -0.05) is 37.3 Å². The molecule has 0 saturated carbocycles. The molecule has 1 aromatic carbocycles. The summed E-state index contributed by atoms with van der Waals surface area (Å²) < 4.78 is 0. The van der Waals surface area contributed by atoms with Crippen LogP contribution in [0.15, 0.2) is 35.3 Å². The fourth-order valence-corrected chi connectivity index (χ4v) is 2.98. The monoisotopic (exact) mass is 331 g/mol. The molecule has 0 atom stereocenters. The van der Waals surface area contributed by atoms with Crippen LogP contribution in [0.5, 0.6) is 0 Å². The molecule has 0 radical (unpaired) electrons. The van der Waals surface area contributed by atoms with Crippen LogP contribution < -0.4 is 11.1 Å². The van der Waals surface area contributed by atoms with Gasteiger partial charge in [0.15, 0.2) is 5.96 Å². The molecule has 134 valence electrons. The van der Waals surface area contributed by atoms with Crippen LogP contribution in [0.1, 0.15) is 31.7 Å². The summed E-state index contributed by atoms with van der Waals surface area (Å²) in [5, 5.41) is 3.19. The maximum Gasteiger partial charge on any atom is 0.188 e. The standard InChI is InChI=1S/C19H33N5/c1-2-10-21-19(20)22-11-6-7-12-23-13-15-24(16-14-23)17-18-8-4-3-5-9-18/h3-5,8-9H,2,6-7,10-17H2,1H3,(H3,20,21,22). The summed E-state index contributed by atoms with van der Waals surface area (Å²) in [5.74, 6) is 0.589. The van der Waals surface area contributed by atoms with Crippen LogP contribution in [0.4, 0.5) is 0 Å². The maximum atomic E-state index is 5.79. The van der Waals surface area contributed by atoms with Crippen molar-refractivity contribution in [3.8, 4) is 0 Å². The number of hydrogen-bond donors (Lipinski definition) is 2. The molecule has 1 aromatic rings. The van der Waals surface area contributed by atoms with Crippen LogP contribution in [-0.4, -0.2) is 61.6 Å². The van der Waals surface area contributed by atoms with E-state index in [9.17, 15) is 0 Å². The van der Waals surface area contributed by atoms with Gasteiger partial charge >= 0.3 is 0 Å². The minimum Gasteiger partial charge on any atom is -0.370 e. The third-order valence-corrected chi connectivity index (χ3v) is 4.43. The number of guanidine groups is 1. The Labute approximate surface area is 146 Å². The molecule has 0 unspecified atom stereocenters. The van der Waals surface area contributed by atoms with Crippen molar-refractivity contribution in [3.05, 3.63) is 35.9 Å². The molecule has 1 aliphatic heterocycles. The topological polar surface area (TPSA) is 56.9 Å². The molecule has 5 heteroatoms. The van der Waals surface area contributed by atoms with Gasteiger partial charge in [-0.2, -0.15) is 0 Å². The fraction of sp³-hybridized carbons (Fsp3) is 0.632. The van der Waals surface area contributed by atoms with Crippen LogP contribution >= 0.6 is 0 Å². The molecule has 5 nitrogen and oxygen atoms in total. The Bertz CT molecular complexity index is 466. The average Bonchev–Trinajstić information content (AvgIpc) is 2.62. The van der Waals surface area contributed by atoms with Gasteiger partial charge in [-0.25, -0.2) is 0 Å². The minimum atomic E-state index is 0.589. The van der Waals surface area contributed by atoms with E-state index in [2.05, 4.69) is 57.4 Å². The van der Waals surface area contributed by atoms with Crippen molar-refractivity contribution in [2.75, 3.05) is 45.8 Å². The fourth-order valence-electron chi connectivity index (χ4n) is 2.98. The molecular weight excluding hydrogens is 298 g/mol. The Morgan fingerprint density at radius 1 is 1.08 bits per heavy atom. The lowest BCUT2D eigenvalue weighted by atomic mass is 10.2. The highest BCUT2D eigenvalue weighted by Crippen LogP contribution is 2.08. The van der Waals surface area contributed by atoms with E-state index >= 15 is 0 Å². The number of nitrogens with zero attached hydrogens (tertiary/aromatic N) is 3. The lowest BCUT2D eigenvalue weighted by Crippen LogP contribution is -2.46. The van der Waals surface area contributed by atoms with Crippen LogP contribution in [0.25, 0.3) is 0 Å². The molecule has 0 aromatic heterocycles. The van der Waals surface area contributed by atoms with Gasteiger partial charge in [0.1, 0.15) is 0 Å². The van der Waals surface area contributed by atoms with Gasteiger partial charge in [-0.3, -0.25) is 9.89 Å².